The number of rotatable bonds is 4. The molecular weight excluding hydrogens is 392 g/mol. The molecule has 158 valence electrons. The number of aryl methyl sites for hydroxylation is 2. The maximum atomic E-state index is 12.2. The van der Waals surface area contributed by atoms with Crippen LogP contribution >= 0.6 is 0 Å². The van der Waals surface area contributed by atoms with Crippen molar-refractivity contribution in [3.8, 4) is 11.4 Å². The van der Waals surface area contributed by atoms with Crippen LogP contribution < -0.4 is 10.5 Å². The third-order valence-corrected chi connectivity index (χ3v) is 5.64. The molecule has 0 atom stereocenters. The summed E-state index contributed by atoms with van der Waals surface area (Å²) in [5.41, 5.74) is 4.48. The van der Waals surface area contributed by atoms with Crippen molar-refractivity contribution >= 4 is 16.9 Å². The van der Waals surface area contributed by atoms with E-state index in [-0.39, 0.29) is 5.56 Å². The Hall–Kier alpha value is -3.52. The molecule has 8 nitrogen and oxygen atoms in total. The molecule has 1 aliphatic heterocycles. The zero-order valence-corrected chi connectivity index (χ0v) is 17.7. The van der Waals surface area contributed by atoms with Gasteiger partial charge in [0.05, 0.1) is 31.5 Å². The molecule has 31 heavy (non-hydrogen) atoms. The van der Waals surface area contributed by atoms with Crippen LogP contribution in [-0.2, 0) is 18.3 Å². The quantitative estimate of drug-likeness (QED) is 0.508. The normalized spacial score (nSPS) is 14.3. The van der Waals surface area contributed by atoms with Gasteiger partial charge < -0.3 is 18.8 Å². The van der Waals surface area contributed by atoms with Gasteiger partial charge in [0, 0.05) is 55.9 Å². The molecule has 0 radical (unpaired) electrons. The van der Waals surface area contributed by atoms with Gasteiger partial charge in [-0.25, -0.2) is 9.97 Å². The van der Waals surface area contributed by atoms with Crippen molar-refractivity contribution in [1.82, 2.24) is 24.1 Å². The highest BCUT2D eigenvalue weighted by Crippen LogP contribution is 2.28. The summed E-state index contributed by atoms with van der Waals surface area (Å²) in [6, 6.07) is 7.99. The fourth-order valence-electron chi connectivity index (χ4n) is 4.04. The Morgan fingerprint density at radius 2 is 2.00 bits per heavy atom. The second-order valence-corrected chi connectivity index (χ2v) is 7.84. The molecule has 4 aromatic rings. The summed E-state index contributed by atoms with van der Waals surface area (Å²) in [6.45, 7) is 5.50. The summed E-state index contributed by atoms with van der Waals surface area (Å²) in [6.07, 6.45) is 7.31. The van der Waals surface area contributed by atoms with Crippen LogP contribution in [0.4, 0.5) is 5.82 Å². The topological polar surface area (TPSA) is 78.1 Å². The average molecular weight is 416 g/mol. The van der Waals surface area contributed by atoms with Gasteiger partial charge in [0.15, 0.2) is 0 Å². The molecule has 0 amide bonds. The van der Waals surface area contributed by atoms with Crippen LogP contribution in [0.3, 0.4) is 0 Å². The maximum absolute atomic E-state index is 12.2. The molecule has 0 aliphatic carbocycles. The summed E-state index contributed by atoms with van der Waals surface area (Å²) < 4.78 is 9.27. The molecule has 0 unspecified atom stereocenters. The largest absolute Gasteiger partial charge is 0.378 e. The first-order valence-electron chi connectivity index (χ1n) is 10.4. The highest BCUT2D eigenvalue weighted by molar-refractivity contribution is 5.82. The number of hydrogen-bond acceptors (Lipinski definition) is 6. The Morgan fingerprint density at radius 1 is 1.16 bits per heavy atom. The minimum absolute atomic E-state index is 0.00468. The van der Waals surface area contributed by atoms with Crippen LogP contribution in [0.2, 0.25) is 0 Å². The lowest BCUT2D eigenvalue weighted by molar-refractivity contribution is 0.122. The van der Waals surface area contributed by atoms with Gasteiger partial charge in [0.1, 0.15) is 17.2 Å². The number of nitrogens with zero attached hydrogens (tertiary/aromatic N) is 6. The van der Waals surface area contributed by atoms with E-state index >= 15 is 0 Å². The second-order valence-electron chi connectivity index (χ2n) is 7.84. The molecule has 0 saturated carbocycles. The number of morpholine rings is 1. The molecule has 4 aromatic heterocycles. The van der Waals surface area contributed by atoms with Crippen LogP contribution in [0.1, 0.15) is 11.1 Å². The van der Waals surface area contributed by atoms with E-state index in [0.717, 1.165) is 46.9 Å². The molecule has 0 aromatic carbocycles. The highest BCUT2D eigenvalue weighted by Gasteiger charge is 2.18. The SMILES string of the molecule is Cc1cc(-c2nc3cnc(N4CCOCC4)cc3n2Cc2cccnc2)cn(C)c1=O. The van der Waals surface area contributed by atoms with Gasteiger partial charge in [-0.2, -0.15) is 0 Å². The average Bonchev–Trinajstić information content (AvgIpc) is 3.16. The number of ether oxygens (including phenoxy) is 1. The Morgan fingerprint density at radius 3 is 2.74 bits per heavy atom. The molecule has 1 aliphatic rings. The van der Waals surface area contributed by atoms with E-state index in [0.29, 0.717) is 25.3 Å². The van der Waals surface area contributed by atoms with Crippen LogP contribution in [0.15, 0.2) is 53.8 Å². The van der Waals surface area contributed by atoms with Crippen molar-refractivity contribution in [2.24, 2.45) is 7.05 Å². The van der Waals surface area contributed by atoms with Gasteiger partial charge in [-0.3, -0.25) is 9.78 Å². The maximum Gasteiger partial charge on any atom is 0.253 e. The van der Waals surface area contributed by atoms with Gasteiger partial charge in [-0.05, 0) is 24.6 Å². The van der Waals surface area contributed by atoms with Crippen molar-refractivity contribution in [3.63, 3.8) is 0 Å². The zero-order valence-electron chi connectivity index (χ0n) is 17.7. The number of hydrogen-bond donors (Lipinski definition) is 0. The summed E-state index contributed by atoms with van der Waals surface area (Å²) in [5, 5.41) is 0. The van der Waals surface area contributed by atoms with Gasteiger partial charge in [-0.1, -0.05) is 6.07 Å². The van der Waals surface area contributed by atoms with Crippen LogP contribution in [-0.4, -0.2) is 50.4 Å². The van der Waals surface area contributed by atoms with Gasteiger partial charge in [-0.15, -0.1) is 0 Å². The van der Waals surface area contributed by atoms with Gasteiger partial charge >= 0.3 is 0 Å². The Kier molecular flexibility index (Phi) is 4.99. The number of aromatic nitrogens is 5. The van der Waals surface area contributed by atoms with E-state index in [4.69, 9.17) is 9.72 Å². The van der Waals surface area contributed by atoms with Crippen molar-refractivity contribution in [3.05, 3.63) is 70.5 Å². The number of anilines is 1. The Balaban J connectivity index is 1.68. The standard InChI is InChI=1S/C23H24N6O2/c1-16-10-18(15-27(2)23(16)30)22-26-19-13-25-21(28-6-8-31-9-7-28)11-20(19)29(22)14-17-4-3-5-24-12-17/h3-5,10-13,15H,6-9,14H2,1-2H3. The zero-order chi connectivity index (χ0) is 21.4. The lowest BCUT2D eigenvalue weighted by Gasteiger charge is -2.27. The Labute approximate surface area is 179 Å². The molecule has 5 heterocycles. The second kappa shape index (κ2) is 7.96. The summed E-state index contributed by atoms with van der Waals surface area (Å²) >= 11 is 0. The van der Waals surface area contributed by atoms with Crippen molar-refractivity contribution < 1.29 is 4.74 Å². The van der Waals surface area contributed by atoms with E-state index in [9.17, 15) is 4.79 Å². The molecule has 0 spiro atoms. The summed E-state index contributed by atoms with van der Waals surface area (Å²) in [4.78, 5) is 28.3. The lowest BCUT2D eigenvalue weighted by atomic mass is 10.2. The number of imidazole rings is 1. The van der Waals surface area contributed by atoms with Crippen LogP contribution in [0.25, 0.3) is 22.4 Å². The fraction of sp³-hybridized carbons (Fsp3) is 0.304. The number of fused-ring (bicyclic) bond motifs is 1. The van der Waals surface area contributed by atoms with E-state index in [1.54, 1.807) is 17.8 Å². The molecule has 0 bridgehead atoms. The smallest absolute Gasteiger partial charge is 0.253 e. The van der Waals surface area contributed by atoms with Crippen molar-refractivity contribution in [2.75, 3.05) is 31.2 Å². The van der Waals surface area contributed by atoms with Gasteiger partial charge in [0.2, 0.25) is 0 Å². The van der Waals surface area contributed by atoms with Gasteiger partial charge in [0.25, 0.3) is 5.56 Å². The predicted molar refractivity (Wildman–Crippen MR) is 119 cm³/mol. The van der Waals surface area contributed by atoms with Crippen LogP contribution in [0, 0.1) is 6.92 Å². The molecule has 1 fully saturated rings. The monoisotopic (exact) mass is 416 g/mol. The molecule has 0 N–H and O–H groups in total. The fourth-order valence-corrected chi connectivity index (χ4v) is 4.04. The minimum atomic E-state index is -0.00468. The summed E-state index contributed by atoms with van der Waals surface area (Å²) in [5.74, 6) is 1.73. The Bertz CT molecular complexity index is 1260. The highest BCUT2D eigenvalue weighted by atomic mass is 16.5. The molecule has 5 rings (SSSR count). The lowest BCUT2D eigenvalue weighted by Crippen LogP contribution is -2.36. The predicted octanol–water partition coefficient (Wildman–Crippen LogP) is 2.39. The first kappa shape index (κ1) is 19.4. The molecule has 8 heteroatoms. The number of pyridine rings is 3. The molecular formula is C23H24N6O2. The van der Waals surface area contributed by atoms with Crippen molar-refractivity contribution in [2.45, 2.75) is 13.5 Å². The summed E-state index contributed by atoms with van der Waals surface area (Å²) in [7, 11) is 1.77. The van der Waals surface area contributed by atoms with E-state index in [1.165, 1.54) is 0 Å². The van der Waals surface area contributed by atoms with E-state index in [1.807, 2.05) is 37.6 Å². The molecule has 1 saturated heterocycles. The van der Waals surface area contributed by atoms with E-state index in [2.05, 4.69) is 31.6 Å². The third-order valence-electron chi connectivity index (χ3n) is 5.64. The van der Waals surface area contributed by atoms with Crippen LogP contribution in [0.5, 0.6) is 0 Å². The minimum Gasteiger partial charge on any atom is -0.378 e. The third kappa shape index (κ3) is 3.70. The van der Waals surface area contributed by atoms with Crippen molar-refractivity contribution in [1.29, 1.82) is 0 Å². The van der Waals surface area contributed by atoms with E-state index < -0.39 is 0 Å². The first-order valence-corrected chi connectivity index (χ1v) is 10.4. The first-order chi connectivity index (χ1) is 15.1.